The van der Waals surface area contributed by atoms with Crippen LogP contribution in [0.3, 0.4) is 0 Å². The molecule has 1 atom stereocenters. The Bertz CT molecular complexity index is 872. The fourth-order valence-corrected chi connectivity index (χ4v) is 3.16. The lowest BCUT2D eigenvalue weighted by molar-refractivity contribution is -0.131. The average Bonchev–Trinajstić information content (AvgIpc) is 2.70. The van der Waals surface area contributed by atoms with Crippen molar-refractivity contribution in [1.82, 2.24) is 9.99 Å². The Labute approximate surface area is 165 Å². The Balaban J connectivity index is 1.66. The van der Waals surface area contributed by atoms with Crippen LogP contribution in [0.15, 0.2) is 47.7 Å². The standard InChI is InChI=1S/C22H26N4O2/c1-4-5-6-16-7-12-19(23-14-16)22(28)24-18-10-8-17(9-11-18)21-15(2)13-20(27)26(3)25-21/h7-12,14-15H,4-6,13H2,1-3H3,(H,24,28). The molecule has 1 aliphatic rings. The van der Waals surface area contributed by atoms with Gasteiger partial charge in [0, 0.05) is 31.3 Å². The lowest BCUT2D eigenvalue weighted by Gasteiger charge is -2.24. The van der Waals surface area contributed by atoms with Crippen molar-refractivity contribution in [3.8, 4) is 0 Å². The molecule has 2 amide bonds. The molecule has 1 unspecified atom stereocenters. The first kappa shape index (κ1) is 19.7. The number of nitrogens with zero attached hydrogens (tertiary/aromatic N) is 3. The number of unbranched alkanes of at least 4 members (excludes halogenated alkanes) is 1. The predicted octanol–water partition coefficient (Wildman–Crippen LogP) is 3.88. The van der Waals surface area contributed by atoms with Crippen molar-refractivity contribution in [3.63, 3.8) is 0 Å². The van der Waals surface area contributed by atoms with Gasteiger partial charge in [-0.2, -0.15) is 5.10 Å². The van der Waals surface area contributed by atoms with Gasteiger partial charge in [0.15, 0.2) is 0 Å². The third kappa shape index (κ3) is 4.63. The van der Waals surface area contributed by atoms with Crippen molar-refractivity contribution in [1.29, 1.82) is 0 Å². The van der Waals surface area contributed by atoms with Gasteiger partial charge < -0.3 is 5.32 Å². The highest BCUT2D eigenvalue weighted by Crippen LogP contribution is 2.21. The molecule has 0 saturated carbocycles. The first-order chi connectivity index (χ1) is 13.5. The normalized spacial score (nSPS) is 16.7. The van der Waals surface area contributed by atoms with E-state index in [9.17, 15) is 9.59 Å². The number of hydrazone groups is 1. The maximum absolute atomic E-state index is 12.4. The summed E-state index contributed by atoms with van der Waals surface area (Å²) in [6.07, 6.45) is 5.46. The molecule has 1 aliphatic heterocycles. The summed E-state index contributed by atoms with van der Waals surface area (Å²) in [5, 5.41) is 8.65. The summed E-state index contributed by atoms with van der Waals surface area (Å²) < 4.78 is 0. The zero-order valence-electron chi connectivity index (χ0n) is 16.6. The van der Waals surface area contributed by atoms with Crippen LogP contribution in [0.4, 0.5) is 5.69 Å². The third-order valence-corrected chi connectivity index (χ3v) is 4.88. The molecule has 6 nitrogen and oxygen atoms in total. The summed E-state index contributed by atoms with van der Waals surface area (Å²) in [5.41, 5.74) is 4.06. The Morgan fingerprint density at radius 1 is 1.21 bits per heavy atom. The Hall–Kier alpha value is -3.02. The Morgan fingerprint density at radius 2 is 1.96 bits per heavy atom. The summed E-state index contributed by atoms with van der Waals surface area (Å²) in [4.78, 5) is 28.4. The van der Waals surface area contributed by atoms with Crippen LogP contribution in [0.25, 0.3) is 0 Å². The van der Waals surface area contributed by atoms with Crippen molar-refractivity contribution < 1.29 is 9.59 Å². The number of rotatable bonds is 6. The molecule has 0 aliphatic carbocycles. The minimum atomic E-state index is -0.233. The van der Waals surface area contributed by atoms with E-state index in [-0.39, 0.29) is 17.7 Å². The highest BCUT2D eigenvalue weighted by Gasteiger charge is 2.25. The highest BCUT2D eigenvalue weighted by molar-refractivity contribution is 6.06. The molecule has 0 saturated heterocycles. The van der Waals surface area contributed by atoms with E-state index >= 15 is 0 Å². The number of benzene rings is 1. The predicted molar refractivity (Wildman–Crippen MR) is 110 cm³/mol. The Morgan fingerprint density at radius 3 is 2.61 bits per heavy atom. The molecular weight excluding hydrogens is 352 g/mol. The van der Waals surface area contributed by atoms with Gasteiger partial charge in [0.1, 0.15) is 5.69 Å². The number of carbonyl (C=O) groups is 2. The van der Waals surface area contributed by atoms with Gasteiger partial charge in [0.2, 0.25) is 5.91 Å². The second-order valence-electron chi connectivity index (χ2n) is 7.19. The van der Waals surface area contributed by atoms with Crippen LogP contribution < -0.4 is 5.32 Å². The average molecular weight is 378 g/mol. The molecule has 28 heavy (non-hydrogen) atoms. The number of anilines is 1. The molecule has 1 aromatic carbocycles. The molecule has 1 N–H and O–H groups in total. The van der Waals surface area contributed by atoms with Crippen LogP contribution >= 0.6 is 0 Å². The van der Waals surface area contributed by atoms with Crippen LogP contribution in [0.2, 0.25) is 0 Å². The zero-order chi connectivity index (χ0) is 20.1. The van der Waals surface area contributed by atoms with Gasteiger partial charge in [-0.1, -0.05) is 38.5 Å². The summed E-state index contributed by atoms with van der Waals surface area (Å²) in [6.45, 7) is 4.15. The highest BCUT2D eigenvalue weighted by atomic mass is 16.2. The molecule has 2 heterocycles. The monoisotopic (exact) mass is 378 g/mol. The van der Waals surface area contributed by atoms with E-state index in [1.165, 1.54) is 5.01 Å². The van der Waals surface area contributed by atoms with Crippen molar-refractivity contribution >= 4 is 23.2 Å². The lowest BCUT2D eigenvalue weighted by atomic mass is 9.94. The minimum Gasteiger partial charge on any atom is -0.321 e. The van der Waals surface area contributed by atoms with E-state index in [0.29, 0.717) is 17.8 Å². The first-order valence-electron chi connectivity index (χ1n) is 9.69. The van der Waals surface area contributed by atoms with Gasteiger partial charge in [-0.25, -0.2) is 5.01 Å². The van der Waals surface area contributed by atoms with Gasteiger partial charge >= 0.3 is 0 Å². The summed E-state index contributed by atoms with van der Waals surface area (Å²) >= 11 is 0. The lowest BCUT2D eigenvalue weighted by Crippen LogP contribution is -2.33. The number of aryl methyl sites for hydroxylation is 1. The number of hydrogen-bond donors (Lipinski definition) is 1. The maximum atomic E-state index is 12.4. The van der Waals surface area contributed by atoms with E-state index < -0.39 is 0 Å². The molecular formula is C22H26N4O2. The molecule has 0 radical (unpaired) electrons. The second-order valence-corrected chi connectivity index (χ2v) is 7.19. The molecule has 0 bridgehead atoms. The number of carbonyl (C=O) groups excluding carboxylic acids is 2. The van der Waals surface area contributed by atoms with Gasteiger partial charge in [0.05, 0.1) is 5.71 Å². The fraction of sp³-hybridized carbons (Fsp3) is 0.364. The molecule has 2 aromatic rings. The van der Waals surface area contributed by atoms with Crippen LogP contribution in [0, 0.1) is 5.92 Å². The molecule has 0 fully saturated rings. The van der Waals surface area contributed by atoms with E-state index in [4.69, 9.17) is 0 Å². The van der Waals surface area contributed by atoms with Gasteiger partial charge in [-0.05, 0) is 42.2 Å². The first-order valence-corrected chi connectivity index (χ1v) is 9.69. The largest absolute Gasteiger partial charge is 0.321 e. The van der Waals surface area contributed by atoms with Crippen molar-refractivity contribution in [3.05, 3.63) is 59.4 Å². The number of amides is 2. The van der Waals surface area contributed by atoms with E-state index in [1.54, 1.807) is 19.3 Å². The number of hydrogen-bond acceptors (Lipinski definition) is 4. The van der Waals surface area contributed by atoms with Crippen molar-refractivity contribution in [2.45, 2.75) is 39.5 Å². The third-order valence-electron chi connectivity index (χ3n) is 4.88. The van der Waals surface area contributed by atoms with Crippen LogP contribution in [-0.4, -0.2) is 34.6 Å². The summed E-state index contributed by atoms with van der Waals surface area (Å²) in [7, 11) is 1.67. The molecule has 1 aromatic heterocycles. The summed E-state index contributed by atoms with van der Waals surface area (Å²) in [5.74, 6) is -0.142. The fourth-order valence-electron chi connectivity index (χ4n) is 3.16. The second kappa shape index (κ2) is 8.78. The quantitative estimate of drug-likeness (QED) is 0.829. The molecule has 0 spiro atoms. The van der Waals surface area contributed by atoms with Crippen molar-refractivity contribution in [2.24, 2.45) is 11.0 Å². The smallest absolute Gasteiger partial charge is 0.274 e. The molecule has 146 valence electrons. The van der Waals surface area contributed by atoms with E-state index in [0.717, 1.165) is 36.1 Å². The van der Waals surface area contributed by atoms with Crippen molar-refractivity contribution in [2.75, 3.05) is 12.4 Å². The minimum absolute atomic E-state index is 0.0216. The molecule has 6 heteroatoms. The summed E-state index contributed by atoms with van der Waals surface area (Å²) in [6, 6.07) is 11.2. The van der Waals surface area contributed by atoms with Gasteiger partial charge in [-0.3, -0.25) is 14.6 Å². The van der Waals surface area contributed by atoms with E-state index in [2.05, 4.69) is 22.3 Å². The Kier molecular flexibility index (Phi) is 6.19. The van der Waals surface area contributed by atoms with Crippen LogP contribution in [0.1, 0.15) is 54.7 Å². The number of pyridine rings is 1. The maximum Gasteiger partial charge on any atom is 0.274 e. The van der Waals surface area contributed by atoms with E-state index in [1.807, 2.05) is 37.3 Å². The number of nitrogens with one attached hydrogen (secondary N) is 1. The van der Waals surface area contributed by atoms with Crippen LogP contribution in [0.5, 0.6) is 0 Å². The van der Waals surface area contributed by atoms with Crippen LogP contribution in [-0.2, 0) is 11.2 Å². The zero-order valence-corrected chi connectivity index (χ0v) is 16.6. The topological polar surface area (TPSA) is 74.7 Å². The van der Waals surface area contributed by atoms with Gasteiger partial charge in [0.25, 0.3) is 5.91 Å². The molecule has 3 rings (SSSR count). The number of aromatic nitrogens is 1. The SMILES string of the molecule is CCCCc1ccc(C(=O)Nc2ccc(C3=NN(C)C(=O)CC3C)cc2)nc1. The van der Waals surface area contributed by atoms with Gasteiger partial charge in [-0.15, -0.1) is 0 Å².